The second-order valence-electron chi connectivity index (χ2n) is 3.14. The molecule has 4 nitrogen and oxygen atoms in total. The van der Waals surface area contributed by atoms with E-state index in [2.05, 4.69) is 15.3 Å². The minimum atomic E-state index is 0.648. The number of hydrogen-bond donors (Lipinski definition) is 1. The second-order valence-corrected chi connectivity index (χ2v) is 3.14. The second kappa shape index (κ2) is 4.09. The van der Waals surface area contributed by atoms with Crippen molar-refractivity contribution in [3.63, 3.8) is 0 Å². The van der Waals surface area contributed by atoms with Crippen molar-refractivity contribution in [2.75, 3.05) is 20.2 Å². The monoisotopic (exact) mass is 191 g/mol. The number of aromatic nitrogens is 1. The van der Waals surface area contributed by atoms with Crippen LogP contribution in [-0.4, -0.2) is 31.0 Å². The number of pyridine rings is 1. The van der Waals surface area contributed by atoms with Crippen LogP contribution >= 0.6 is 0 Å². The van der Waals surface area contributed by atoms with Crippen molar-refractivity contribution in [1.29, 1.82) is 0 Å². The van der Waals surface area contributed by atoms with Gasteiger partial charge in [0.15, 0.2) is 0 Å². The van der Waals surface area contributed by atoms with Crippen LogP contribution in [0.3, 0.4) is 0 Å². The van der Waals surface area contributed by atoms with Crippen LogP contribution in [0.4, 0.5) is 0 Å². The molecule has 0 saturated carbocycles. The molecule has 1 N–H and O–H groups in total. The molecular weight excluding hydrogens is 178 g/mol. The Balaban J connectivity index is 2.02. The van der Waals surface area contributed by atoms with Crippen LogP contribution in [-0.2, 0) is 6.42 Å². The average Bonchev–Trinajstić information content (AvgIpc) is 2.72. The van der Waals surface area contributed by atoms with Crippen molar-refractivity contribution >= 4 is 5.84 Å². The van der Waals surface area contributed by atoms with Gasteiger partial charge in [0.05, 0.1) is 13.7 Å². The molecular formula is C10H13N3O. The summed E-state index contributed by atoms with van der Waals surface area (Å²) >= 11 is 0. The van der Waals surface area contributed by atoms with Crippen LogP contribution < -0.4 is 10.1 Å². The van der Waals surface area contributed by atoms with Crippen molar-refractivity contribution in [2.24, 2.45) is 4.99 Å². The molecule has 0 aliphatic carbocycles. The smallest absolute Gasteiger partial charge is 0.212 e. The van der Waals surface area contributed by atoms with Crippen LogP contribution in [0.1, 0.15) is 5.56 Å². The van der Waals surface area contributed by atoms with Gasteiger partial charge in [0, 0.05) is 25.2 Å². The lowest BCUT2D eigenvalue weighted by Crippen LogP contribution is -2.20. The lowest BCUT2D eigenvalue weighted by molar-refractivity contribution is 0.397. The van der Waals surface area contributed by atoms with Gasteiger partial charge in [-0.15, -0.1) is 0 Å². The predicted octanol–water partition coefficient (Wildman–Crippen LogP) is 0.634. The van der Waals surface area contributed by atoms with Gasteiger partial charge in [-0.1, -0.05) is 6.07 Å². The molecule has 1 aromatic heterocycles. The summed E-state index contributed by atoms with van der Waals surface area (Å²) in [4.78, 5) is 8.45. The number of nitrogens with one attached hydrogen (secondary N) is 1. The van der Waals surface area contributed by atoms with Crippen LogP contribution in [0.2, 0.25) is 0 Å². The van der Waals surface area contributed by atoms with Crippen molar-refractivity contribution in [2.45, 2.75) is 6.42 Å². The number of rotatable bonds is 3. The van der Waals surface area contributed by atoms with Crippen molar-refractivity contribution in [1.82, 2.24) is 10.3 Å². The first-order valence-corrected chi connectivity index (χ1v) is 4.64. The van der Waals surface area contributed by atoms with Gasteiger partial charge in [-0.05, 0) is 5.56 Å². The molecule has 0 unspecified atom stereocenters. The Kier molecular flexibility index (Phi) is 2.62. The van der Waals surface area contributed by atoms with Crippen LogP contribution in [0, 0.1) is 0 Å². The Morgan fingerprint density at radius 2 is 2.43 bits per heavy atom. The van der Waals surface area contributed by atoms with E-state index >= 15 is 0 Å². The summed E-state index contributed by atoms with van der Waals surface area (Å²) in [7, 11) is 1.62. The lowest BCUT2D eigenvalue weighted by atomic mass is 10.2. The van der Waals surface area contributed by atoms with Crippen LogP contribution in [0.5, 0.6) is 5.88 Å². The molecule has 1 aliphatic heterocycles. The van der Waals surface area contributed by atoms with Crippen LogP contribution in [0.15, 0.2) is 23.3 Å². The molecule has 1 aromatic rings. The van der Waals surface area contributed by atoms with Gasteiger partial charge < -0.3 is 10.1 Å². The number of aliphatic imine (C=N–C) groups is 1. The zero-order valence-electron chi connectivity index (χ0n) is 8.16. The Morgan fingerprint density at radius 1 is 1.50 bits per heavy atom. The maximum atomic E-state index is 4.98. The SMILES string of the molecule is COc1ccc(CC2=NCCN2)cn1. The summed E-state index contributed by atoms with van der Waals surface area (Å²) in [6.45, 7) is 1.85. The first-order chi connectivity index (χ1) is 6.88. The molecule has 1 aliphatic rings. The Bertz CT molecular complexity index is 332. The highest BCUT2D eigenvalue weighted by molar-refractivity contribution is 5.85. The standard InChI is InChI=1S/C10H13N3O/c1-14-10-3-2-8(7-13-10)6-9-11-4-5-12-9/h2-3,7H,4-6H2,1H3,(H,11,12). The molecule has 0 fully saturated rings. The summed E-state index contributed by atoms with van der Waals surface area (Å²) in [6, 6.07) is 3.87. The molecule has 2 heterocycles. The molecule has 14 heavy (non-hydrogen) atoms. The highest BCUT2D eigenvalue weighted by Crippen LogP contribution is 2.07. The number of methoxy groups -OCH3 is 1. The fourth-order valence-corrected chi connectivity index (χ4v) is 1.39. The Morgan fingerprint density at radius 3 is 3.00 bits per heavy atom. The maximum Gasteiger partial charge on any atom is 0.212 e. The Labute approximate surface area is 83.0 Å². The fraction of sp³-hybridized carbons (Fsp3) is 0.400. The van der Waals surface area contributed by atoms with Crippen LogP contribution in [0.25, 0.3) is 0 Å². The molecule has 0 aromatic carbocycles. The third-order valence-corrected chi connectivity index (χ3v) is 2.12. The molecule has 0 atom stereocenters. The summed E-state index contributed by atoms with van der Waals surface area (Å²) in [5.74, 6) is 1.70. The van der Waals surface area contributed by atoms with Crippen molar-refractivity contribution in [3.05, 3.63) is 23.9 Å². The van der Waals surface area contributed by atoms with Gasteiger partial charge >= 0.3 is 0 Å². The first kappa shape index (κ1) is 8.99. The summed E-state index contributed by atoms with van der Waals surface area (Å²) < 4.78 is 4.98. The number of ether oxygens (including phenoxy) is 1. The maximum absolute atomic E-state index is 4.98. The van der Waals surface area contributed by atoms with E-state index in [1.54, 1.807) is 7.11 Å². The van der Waals surface area contributed by atoms with E-state index in [4.69, 9.17) is 4.74 Å². The van der Waals surface area contributed by atoms with Gasteiger partial charge in [0.1, 0.15) is 5.84 Å². The predicted molar refractivity (Wildman–Crippen MR) is 54.8 cm³/mol. The van der Waals surface area contributed by atoms with Crippen molar-refractivity contribution in [3.8, 4) is 5.88 Å². The van der Waals surface area contributed by atoms with Gasteiger partial charge in [0.25, 0.3) is 0 Å². The fourth-order valence-electron chi connectivity index (χ4n) is 1.39. The quantitative estimate of drug-likeness (QED) is 0.762. The molecule has 2 rings (SSSR count). The van der Waals surface area contributed by atoms with Gasteiger partial charge in [-0.2, -0.15) is 0 Å². The highest BCUT2D eigenvalue weighted by atomic mass is 16.5. The largest absolute Gasteiger partial charge is 0.481 e. The number of nitrogens with zero attached hydrogens (tertiary/aromatic N) is 2. The third-order valence-electron chi connectivity index (χ3n) is 2.12. The van der Waals surface area contributed by atoms with E-state index in [1.165, 1.54) is 0 Å². The Hall–Kier alpha value is -1.58. The topological polar surface area (TPSA) is 46.5 Å². The van der Waals surface area contributed by atoms with E-state index in [-0.39, 0.29) is 0 Å². The summed E-state index contributed by atoms with van der Waals surface area (Å²) in [6.07, 6.45) is 2.65. The van der Waals surface area contributed by atoms with Gasteiger partial charge in [-0.3, -0.25) is 4.99 Å². The molecule has 0 saturated heterocycles. The minimum Gasteiger partial charge on any atom is -0.481 e. The lowest BCUT2D eigenvalue weighted by Gasteiger charge is -2.03. The molecule has 0 radical (unpaired) electrons. The zero-order chi connectivity index (χ0) is 9.80. The first-order valence-electron chi connectivity index (χ1n) is 4.64. The minimum absolute atomic E-state index is 0.648. The molecule has 0 bridgehead atoms. The normalized spacial score (nSPS) is 14.8. The van der Waals surface area contributed by atoms with E-state index < -0.39 is 0 Å². The van der Waals surface area contributed by atoms with E-state index in [0.717, 1.165) is 30.9 Å². The molecule has 4 heteroatoms. The molecule has 0 amide bonds. The molecule has 74 valence electrons. The van der Waals surface area contributed by atoms with Gasteiger partial charge in [0.2, 0.25) is 5.88 Å². The van der Waals surface area contributed by atoms with Crippen molar-refractivity contribution < 1.29 is 4.74 Å². The zero-order valence-corrected chi connectivity index (χ0v) is 8.16. The number of amidine groups is 1. The van der Waals surface area contributed by atoms with E-state index in [1.807, 2.05) is 18.3 Å². The molecule has 0 spiro atoms. The highest BCUT2D eigenvalue weighted by Gasteiger charge is 2.05. The summed E-state index contributed by atoms with van der Waals surface area (Å²) in [5, 5.41) is 3.22. The third kappa shape index (κ3) is 2.02. The average molecular weight is 191 g/mol. The van der Waals surface area contributed by atoms with E-state index in [9.17, 15) is 0 Å². The van der Waals surface area contributed by atoms with Gasteiger partial charge in [-0.25, -0.2) is 4.98 Å². The van der Waals surface area contributed by atoms with E-state index in [0.29, 0.717) is 5.88 Å². The summed E-state index contributed by atoms with van der Waals surface area (Å²) in [5.41, 5.74) is 1.15. The number of hydrogen-bond acceptors (Lipinski definition) is 4.